The fourth-order valence-corrected chi connectivity index (χ4v) is 1.31. The predicted molar refractivity (Wildman–Crippen MR) is 55.7 cm³/mol. The zero-order chi connectivity index (χ0) is 11.7. The van der Waals surface area contributed by atoms with Crippen LogP contribution in [0.25, 0.3) is 0 Å². The number of nitrogens with zero attached hydrogens (tertiary/aromatic N) is 1. The third-order valence-corrected chi connectivity index (χ3v) is 2.27. The summed E-state index contributed by atoms with van der Waals surface area (Å²) in [5, 5.41) is 0. The summed E-state index contributed by atoms with van der Waals surface area (Å²) < 4.78 is 35.6. The average Bonchev–Trinajstić information content (AvgIpc) is 2.13. The highest BCUT2D eigenvalue weighted by Gasteiger charge is 2.26. The molecule has 0 aliphatic carbocycles. The molecule has 5 heteroatoms. The highest BCUT2D eigenvalue weighted by atomic mass is 19.4. The Kier molecular flexibility index (Phi) is 7.78. The fraction of sp³-hybridized carbons (Fsp3) is 1.00. The summed E-state index contributed by atoms with van der Waals surface area (Å²) in [6, 6.07) is 0. The molecule has 0 saturated carbocycles. The van der Waals surface area contributed by atoms with E-state index in [0.717, 1.165) is 32.2 Å². The first-order chi connectivity index (χ1) is 6.95. The number of alkyl halides is 3. The van der Waals surface area contributed by atoms with E-state index in [4.69, 9.17) is 5.73 Å². The van der Waals surface area contributed by atoms with Crippen molar-refractivity contribution in [2.75, 3.05) is 26.7 Å². The van der Waals surface area contributed by atoms with Crippen molar-refractivity contribution in [2.24, 2.45) is 5.73 Å². The zero-order valence-corrected chi connectivity index (χ0v) is 9.32. The summed E-state index contributed by atoms with van der Waals surface area (Å²) >= 11 is 0. The Morgan fingerprint density at radius 1 is 1.00 bits per heavy atom. The Hall–Kier alpha value is -0.290. The van der Waals surface area contributed by atoms with Crippen LogP contribution in [-0.4, -0.2) is 37.8 Å². The van der Waals surface area contributed by atoms with E-state index in [2.05, 4.69) is 0 Å². The number of halogens is 3. The van der Waals surface area contributed by atoms with Crippen LogP contribution in [0.1, 0.15) is 32.1 Å². The zero-order valence-electron chi connectivity index (χ0n) is 9.32. The largest absolute Gasteiger partial charge is 0.390 e. The molecule has 0 radical (unpaired) electrons. The Morgan fingerprint density at radius 3 is 2.13 bits per heavy atom. The number of unbranched alkanes of at least 4 members (excludes halogenated alkanes) is 3. The SMILES string of the molecule is CN(CCCCCCN)CCC(F)(F)F. The molecular formula is C10H21F3N2. The van der Waals surface area contributed by atoms with Gasteiger partial charge in [0.25, 0.3) is 0 Å². The summed E-state index contributed by atoms with van der Waals surface area (Å²) in [5.41, 5.74) is 5.33. The van der Waals surface area contributed by atoms with E-state index in [1.165, 1.54) is 0 Å². The molecule has 2 nitrogen and oxygen atoms in total. The molecule has 2 N–H and O–H groups in total. The molecule has 0 aliphatic heterocycles. The second-order valence-electron chi connectivity index (χ2n) is 3.87. The van der Waals surface area contributed by atoms with Gasteiger partial charge < -0.3 is 10.6 Å². The van der Waals surface area contributed by atoms with Gasteiger partial charge in [0.15, 0.2) is 0 Å². The lowest BCUT2D eigenvalue weighted by atomic mass is 10.2. The molecule has 0 unspecified atom stereocenters. The van der Waals surface area contributed by atoms with Gasteiger partial charge in [0.2, 0.25) is 0 Å². The van der Waals surface area contributed by atoms with Crippen molar-refractivity contribution in [1.29, 1.82) is 0 Å². The monoisotopic (exact) mass is 226 g/mol. The van der Waals surface area contributed by atoms with Crippen LogP contribution in [0.2, 0.25) is 0 Å². The highest BCUT2D eigenvalue weighted by molar-refractivity contribution is 4.57. The molecule has 0 saturated heterocycles. The maximum atomic E-state index is 11.9. The van der Waals surface area contributed by atoms with Crippen LogP contribution in [0.3, 0.4) is 0 Å². The maximum Gasteiger partial charge on any atom is 0.390 e. The molecule has 0 aromatic heterocycles. The molecule has 0 atom stereocenters. The van der Waals surface area contributed by atoms with Crippen molar-refractivity contribution < 1.29 is 13.2 Å². The van der Waals surface area contributed by atoms with Crippen molar-refractivity contribution in [3.8, 4) is 0 Å². The maximum absolute atomic E-state index is 11.9. The van der Waals surface area contributed by atoms with E-state index >= 15 is 0 Å². The first kappa shape index (κ1) is 14.7. The Labute approximate surface area is 89.6 Å². The highest BCUT2D eigenvalue weighted by Crippen LogP contribution is 2.19. The molecule has 0 bridgehead atoms. The van der Waals surface area contributed by atoms with Gasteiger partial charge >= 0.3 is 6.18 Å². The van der Waals surface area contributed by atoms with Gasteiger partial charge in [0, 0.05) is 6.54 Å². The lowest BCUT2D eigenvalue weighted by Gasteiger charge is -2.17. The summed E-state index contributed by atoms with van der Waals surface area (Å²) in [4.78, 5) is 1.73. The van der Waals surface area contributed by atoms with Crippen molar-refractivity contribution >= 4 is 0 Å². The van der Waals surface area contributed by atoms with E-state index < -0.39 is 12.6 Å². The third-order valence-electron chi connectivity index (χ3n) is 2.27. The van der Waals surface area contributed by atoms with Gasteiger partial charge in [-0.25, -0.2) is 0 Å². The van der Waals surface area contributed by atoms with Crippen LogP contribution in [0.5, 0.6) is 0 Å². The number of hydrogen-bond acceptors (Lipinski definition) is 2. The quantitative estimate of drug-likeness (QED) is 0.644. The van der Waals surface area contributed by atoms with Gasteiger partial charge in [-0.05, 0) is 33.0 Å². The van der Waals surface area contributed by atoms with Gasteiger partial charge in [0.05, 0.1) is 6.42 Å². The summed E-state index contributed by atoms with van der Waals surface area (Å²) in [7, 11) is 1.73. The standard InChI is InChI=1S/C10H21F3N2/c1-15(9-6-10(11,12)13)8-5-3-2-4-7-14/h2-9,14H2,1H3. The minimum Gasteiger partial charge on any atom is -0.330 e. The lowest BCUT2D eigenvalue weighted by molar-refractivity contribution is -0.137. The smallest absolute Gasteiger partial charge is 0.330 e. The van der Waals surface area contributed by atoms with Crippen molar-refractivity contribution in [1.82, 2.24) is 4.90 Å². The second kappa shape index (κ2) is 7.93. The number of rotatable bonds is 8. The second-order valence-corrected chi connectivity index (χ2v) is 3.87. The Morgan fingerprint density at radius 2 is 1.60 bits per heavy atom. The lowest BCUT2D eigenvalue weighted by Crippen LogP contribution is -2.25. The molecule has 0 fully saturated rings. The molecule has 0 aliphatic rings. The summed E-state index contributed by atoms with van der Waals surface area (Å²) in [6.45, 7) is 1.53. The van der Waals surface area contributed by atoms with Crippen LogP contribution in [0.15, 0.2) is 0 Å². The van der Waals surface area contributed by atoms with Crippen LogP contribution < -0.4 is 5.73 Å². The van der Waals surface area contributed by atoms with E-state index in [1.807, 2.05) is 0 Å². The van der Waals surface area contributed by atoms with Crippen LogP contribution in [-0.2, 0) is 0 Å². The van der Waals surface area contributed by atoms with E-state index in [9.17, 15) is 13.2 Å². The Bertz CT molecular complexity index is 148. The van der Waals surface area contributed by atoms with E-state index in [1.54, 1.807) is 11.9 Å². The topological polar surface area (TPSA) is 29.3 Å². The molecular weight excluding hydrogens is 205 g/mol. The van der Waals surface area contributed by atoms with Gasteiger partial charge in [0.1, 0.15) is 0 Å². The molecule has 0 aromatic carbocycles. The van der Waals surface area contributed by atoms with Gasteiger partial charge in [-0.3, -0.25) is 0 Å². The van der Waals surface area contributed by atoms with Crippen LogP contribution >= 0.6 is 0 Å². The normalized spacial score (nSPS) is 12.4. The van der Waals surface area contributed by atoms with Gasteiger partial charge in [-0.15, -0.1) is 0 Å². The number of nitrogens with two attached hydrogens (primary N) is 1. The van der Waals surface area contributed by atoms with Crippen molar-refractivity contribution in [3.05, 3.63) is 0 Å². The minimum absolute atomic E-state index is 0.0976. The van der Waals surface area contributed by atoms with E-state index in [-0.39, 0.29) is 6.54 Å². The van der Waals surface area contributed by atoms with Crippen molar-refractivity contribution in [3.63, 3.8) is 0 Å². The molecule has 92 valence electrons. The molecule has 0 amide bonds. The first-order valence-electron chi connectivity index (χ1n) is 5.41. The third kappa shape index (κ3) is 11.6. The molecule has 0 heterocycles. The predicted octanol–water partition coefficient (Wildman–Crippen LogP) is 2.39. The molecule has 0 aromatic rings. The fourth-order valence-electron chi connectivity index (χ4n) is 1.31. The molecule has 15 heavy (non-hydrogen) atoms. The van der Waals surface area contributed by atoms with Gasteiger partial charge in [-0.1, -0.05) is 12.8 Å². The van der Waals surface area contributed by atoms with Gasteiger partial charge in [-0.2, -0.15) is 13.2 Å². The summed E-state index contributed by atoms with van der Waals surface area (Å²) in [5.74, 6) is 0. The van der Waals surface area contributed by atoms with Crippen molar-refractivity contribution in [2.45, 2.75) is 38.3 Å². The Balaban J connectivity index is 3.30. The molecule has 0 rings (SSSR count). The average molecular weight is 226 g/mol. The number of hydrogen-bond donors (Lipinski definition) is 1. The summed E-state index contributed by atoms with van der Waals surface area (Å²) in [6.07, 6.45) is -0.669. The van der Waals surface area contributed by atoms with E-state index in [0.29, 0.717) is 6.54 Å². The first-order valence-corrected chi connectivity index (χ1v) is 5.41. The minimum atomic E-state index is -4.03. The molecule has 0 spiro atoms. The van der Waals surface area contributed by atoms with Crippen LogP contribution in [0, 0.1) is 0 Å². The van der Waals surface area contributed by atoms with Crippen LogP contribution in [0.4, 0.5) is 13.2 Å².